The third-order valence-electron chi connectivity index (χ3n) is 3.23. The van der Waals surface area contributed by atoms with Crippen molar-refractivity contribution < 1.29 is 22.8 Å². The fourth-order valence-electron chi connectivity index (χ4n) is 2.06. The van der Waals surface area contributed by atoms with E-state index in [2.05, 4.69) is 15.7 Å². The number of carbonyl (C=O) groups is 2. The van der Waals surface area contributed by atoms with E-state index in [0.717, 1.165) is 22.9 Å². The van der Waals surface area contributed by atoms with Gasteiger partial charge in [-0.1, -0.05) is 11.6 Å². The quantitative estimate of drug-likeness (QED) is 0.726. The summed E-state index contributed by atoms with van der Waals surface area (Å²) in [5.41, 5.74) is 4.61. The second-order valence-electron chi connectivity index (χ2n) is 5.28. The summed E-state index contributed by atoms with van der Waals surface area (Å²) in [5.74, 6) is -1.02. The van der Waals surface area contributed by atoms with Gasteiger partial charge in [0.05, 0.1) is 35.1 Å². The summed E-state index contributed by atoms with van der Waals surface area (Å²) >= 11 is 6.01. The molecule has 0 aliphatic rings. The molecule has 1 aromatic heterocycles. The Bertz CT molecular complexity index is 835. The van der Waals surface area contributed by atoms with Crippen molar-refractivity contribution in [3.05, 3.63) is 40.5 Å². The van der Waals surface area contributed by atoms with E-state index in [1.54, 1.807) is 6.92 Å². The van der Waals surface area contributed by atoms with Crippen LogP contribution < -0.4 is 16.4 Å². The summed E-state index contributed by atoms with van der Waals surface area (Å²) in [6.45, 7) is 0.977. The molecular formula is C15H15ClF3N5O2. The normalized spacial score (nSPS) is 11.3. The van der Waals surface area contributed by atoms with Gasteiger partial charge in [-0.3, -0.25) is 9.59 Å². The van der Waals surface area contributed by atoms with Gasteiger partial charge in [-0.25, -0.2) is 4.68 Å². The van der Waals surface area contributed by atoms with Crippen molar-refractivity contribution in [2.75, 3.05) is 18.4 Å². The van der Waals surface area contributed by atoms with E-state index in [1.165, 1.54) is 6.07 Å². The maximum Gasteiger partial charge on any atom is 0.416 e. The summed E-state index contributed by atoms with van der Waals surface area (Å²) in [4.78, 5) is 23.0. The molecule has 1 heterocycles. The summed E-state index contributed by atoms with van der Waals surface area (Å²) in [6.07, 6.45) is -4.56. The van der Waals surface area contributed by atoms with Gasteiger partial charge in [0.25, 0.3) is 0 Å². The van der Waals surface area contributed by atoms with Crippen LogP contribution in [0.4, 0.5) is 19.0 Å². The number of nitrogens with two attached hydrogens (primary N) is 1. The molecule has 140 valence electrons. The number of hydrogen-bond donors (Lipinski definition) is 3. The Hall–Kier alpha value is -2.59. The molecule has 0 saturated heterocycles. The van der Waals surface area contributed by atoms with Gasteiger partial charge in [0.15, 0.2) is 0 Å². The van der Waals surface area contributed by atoms with Crippen molar-refractivity contribution in [3.63, 3.8) is 0 Å². The minimum atomic E-state index is -4.56. The highest BCUT2D eigenvalue weighted by Crippen LogP contribution is 2.34. The van der Waals surface area contributed by atoms with Crippen LogP contribution in [0.25, 0.3) is 5.69 Å². The highest BCUT2D eigenvalue weighted by molar-refractivity contribution is 6.32. The Balaban J connectivity index is 2.32. The second-order valence-corrected chi connectivity index (χ2v) is 5.68. The summed E-state index contributed by atoms with van der Waals surface area (Å²) < 4.78 is 39.9. The molecule has 0 bridgehead atoms. The highest BCUT2D eigenvalue weighted by atomic mass is 35.5. The lowest BCUT2D eigenvalue weighted by Crippen LogP contribution is -2.36. The van der Waals surface area contributed by atoms with E-state index in [4.69, 9.17) is 17.3 Å². The second kappa shape index (κ2) is 7.75. The van der Waals surface area contributed by atoms with Crippen LogP contribution >= 0.6 is 11.6 Å². The number of anilines is 1. The van der Waals surface area contributed by atoms with Gasteiger partial charge in [-0.05, 0) is 25.1 Å². The van der Waals surface area contributed by atoms with Crippen LogP contribution in [0.5, 0.6) is 0 Å². The molecule has 0 atom stereocenters. The van der Waals surface area contributed by atoms with E-state index in [9.17, 15) is 22.8 Å². The average Bonchev–Trinajstić information content (AvgIpc) is 2.92. The zero-order chi connectivity index (χ0) is 19.5. The minimum absolute atomic E-state index is 0.0213. The van der Waals surface area contributed by atoms with Gasteiger partial charge in [-0.2, -0.15) is 18.3 Å². The first kappa shape index (κ1) is 19.7. The Morgan fingerprint density at radius 1 is 1.27 bits per heavy atom. The molecule has 0 aliphatic heterocycles. The predicted molar refractivity (Wildman–Crippen MR) is 89.0 cm³/mol. The zero-order valence-electron chi connectivity index (χ0n) is 13.5. The third-order valence-corrected chi connectivity index (χ3v) is 3.55. The number of rotatable bonds is 5. The molecule has 26 heavy (non-hydrogen) atoms. The lowest BCUT2D eigenvalue weighted by atomic mass is 10.2. The molecular weight excluding hydrogens is 375 g/mol. The van der Waals surface area contributed by atoms with E-state index < -0.39 is 23.6 Å². The molecule has 0 unspecified atom stereocenters. The van der Waals surface area contributed by atoms with Crippen LogP contribution in [0.15, 0.2) is 24.3 Å². The van der Waals surface area contributed by atoms with Gasteiger partial charge >= 0.3 is 6.18 Å². The van der Waals surface area contributed by atoms with Gasteiger partial charge in [0.2, 0.25) is 11.8 Å². The molecule has 2 rings (SSSR count). The van der Waals surface area contributed by atoms with E-state index in [-0.39, 0.29) is 29.6 Å². The number of nitrogens with zero attached hydrogens (tertiary/aromatic N) is 2. The lowest BCUT2D eigenvalue weighted by molar-refractivity contribution is -0.137. The molecule has 0 fully saturated rings. The van der Waals surface area contributed by atoms with Crippen LogP contribution in [0.1, 0.15) is 11.3 Å². The number of benzene rings is 1. The molecule has 0 saturated carbocycles. The first-order valence-corrected chi connectivity index (χ1v) is 7.70. The lowest BCUT2D eigenvalue weighted by Gasteiger charge is -2.13. The van der Waals surface area contributed by atoms with Crippen molar-refractivity contribution in [3.8, 4) is 5.69 Å². The fourth-order valence-corrected chi connectivity index (χ4v) is 2.26. The largest absolute Gasteiger partial charge is 0.416 e. The van der Waals surface area contributed by atoms with Crippen molar-refractivity contribution in [1.82, 2.24) is 15.1 Å². The standard InChI is InChI=1S/C15H15ClF3N5O2/c1-8-4-12(22-14(26)7-21-13(25)6-20)24(23-8)11-5-9(15(17,18)19)2-3-10(11)16/h2-5H,6-7,20H2,1H3,(H,21,25)(H,22,26). The number of alkyl halides is 3. The van der Waals surface area contributed by atoms with Crippen molar-refractivity contribution >= 4 is 29.2 Å². The number of aryl methyl sites for hydroxylation is 1. The number of amides is 2. The molecule has 0 spiro atoms. The molecule has 1 aromatic carbocycles. The van der Waals surface area contributed by atoms with E-state index >= 15 is 0 Å². The number of aromatic nitrogens is 2. The number of hydrogen-bond acceptors (Lipinski definition) is 4. The smallest absolute Gasteiger partial charge is 0.346 e. The van der Waals surface area contributed by atoms with Gasteiger partial charge in [0.1, 0.15) is 5.82 Å². The SMILES string of the molecule is Cc1cc(NC(=O)CNC(=O)CN)n(-c2cc(C(F)(F)F)ccc2Cl)n1. The predicted octanol–water partition coefficient (Wildman–Crippen LogP) is 1.87. The van der Waals surface area contributed by atoms with Crippen LogP contribution in [-0.2, 0) is 15.8 Å². The Labute approximate surface area is 151 Å². The monoisotopic (exact) mass is 389 g/mol. The first-order chi connectivity index (χ1) is 12.1. The molecule has 7 nitrogen and oxygen atoms in total. The van der Waals surface area contributed by atoms with Gasteiger partial charge < -0.3 is 16.4 Å². The number of nitrogens with one attached hydrogen (secondary N) is 2. The summed E-state index contributed by atoms with van der Waals surface area (Å²) in [6, 6.07) is 4.24. The van der Waals surface area contributed by atoms with Crippen molar-refractivity contribution in [2.24, 2.45) is 5.73 Å². The Morgan fingerprint density at radius 3 is 2.58 bits per heavy atom. The van der Waals surface area contributed by atoms with Crippen LogP contribution in [-0.4, -0.2) is 34.7 Å². The number of halogens is 4. The van der Waals surface area contributed by atoms with Crippen LogP contribution in [0.2, 0.25) is 5.02 Å². The average molecular weight is 390 g/mol. The summed E-state index contributed by atoms with van der Waals surface area (Å²) in [7, 11) is 0. The zero-order valence-corrected chi connectivity index (χ0v) is 14.3. The van der Waals surface area contributed by atoms with Crippen molar-refractivity contribution in [1.29, 1.82) is 0 Å². The maximum absolute atomic E-state index is 12.9. The molecule has 4 N–H and O–H groups in total. The molecule has 11 heteroatoms. The fraction of sp³-hybridized carbons (Fsp3) is 0.267. The molecule has 2 aromatic rings. The third kappa shape index (κ3) is 4.73. The molecule has 0 radical (unpaired) electrons. The number of carbonyl (C=O) groups excluding carboxylic acids is 2. The van der Waals surface area contributed by atoms with E-state index in [1.807, 2.05) is 0 Å². The van der Waals surface area contributed by atoms with Gasteiger partial charge in [0, 0.05) is 6.07 Å². The topological polar surface area (TPSA) is 102 Å². The van der Waals surface area contributed by atoms with Crippen LogP contribution in [0, 0.1) is 6.92 Å². The van der Waals surface area contributed by atoms with Gasteiger partial charge in [-0.15, -0.1) is 0 Å². The highest BCUT2D eigenvalue weighted by Gasteiger charge is 2.31. The minimum Gasteiger partial charge on any atom is -0.346 e. The van der Waals surface area contributed by atoms with E-state index in [0.29, 0.717) is 5.69 Å². The summed E-state index contributed by atoms with van der Waals surface area (Å²) in [5, 5.41) is 8.83. The Kier molecular flexibility index (Phi) is 5.88. The van der Waals surface area contributed by atoms with Crippen LogP contribution in [0.3, 0.4) is 0 Å². The maximum atomic E-state index is 12.9. The molecule has 2 amide bonds. The van der Waals surface area contributed by atoms with Crippen molar-refractivity contribution in [2.45, 2.75) is 13.1 Å². The molecule has 0 aliphatic carbocycles. The Morgan fingerprint density at radius 2 is 1.96 bits per heavy atom. The first-order valence-electron chi connectivity index (χ1n) is 7.32.